The number of ether oxygens (including phenoxy) is 2. The Labute approximate surface area is 245 Å². The van der Waals surface area contributed by atoms with Gasteiger partial charge in [0.05, 0.1) is 12.2 Å². The summed E-state index contributed by atoms with van der Waals surface area (Å²) in [6.07, 6.45) is 22.6. The third-order valence-corrected chi connectivity index (χ3v) is 9.05. The molecule has 1 fully saturated rings. The van der Waals surface area contributed by atoms with Gasteiger partial charge in [-0.15, -0.1) is 0 Å². The van der Waals surface area contributed by atoms with Crippen molar-refractivity contribution in [3.05, 3.63) is 59.7 Å². The minimum absolute atomic E-state index is 0.327. The van der Waals surface area contributed by atoms with Crippen molar-refractivity contribution >= 4 is 5.97 Å². The Morgan fingerprint density at radius 1 is 0.750 bits per heavy atom. The van der Waals surface area contributed by atoms with Crippen molar-refractivity contribution in [2.24, 2.45) is 17.8 Å². The molecule has 1 saturated carbocycles. The molecule has 1 aliphatic rings. The Hall–Kier alpha value is -2.29. The first kappa shape index (κ1) is 32.2. The standard InChI is InChI=1S/C37H56O3/c1-4-6-7-8-11-14-31-15-17-32(18-16-31)19-20-33-21-25-36(26-22-33)40-37(38)34-23-27-35(28-24-34)39-29-12-9-10-13-30(3)5-2/h21-28,30-32H,4-20,29H2,1-3H3/t30-,31?,32?/m0/s1. The number of esters is 1. The summed E-state index contributed by atoms with van der Waals surface area (Å²) in [5.74, 6) is 3.75. The average molecular weight is 549 g/mol. The third kappa shape index (κ3) is 12.5. The van der Waals surface area contributed by atoms with E-state index < -0.39 is 0 Å². The van der Waals surface area contributed by atoms with Crippen LogP contribution in [0.25, 0.3) is 0 Å². The molecule has 0 heterocycles. The second-order valence-electron chi connectivity index (χ2n) is 12.4. The van der Waals surface area contributed by atoms with Crippen LogP contribution in [0.3, 0.4) is 0 Å². The van der Waals surface area contributed by atoms with Crippen molar-refractivity contribution in [2.75, 3.05) is 6.61 Å². The molecule has 222 valence electrons. The molecule has 0 N–H and O–H groups in total. The first-order valence-corrected chi connectivity index (χ1v) is 16.6. The van der Waals surface area contributed by atoms with Crippen molar-refractivity contribution in [1.82, 2.24) is 0 Å². The lowest BCUT2D eigenvalue weighted by Crippen LogP contribution is -2.15. The number of unbranched alkanes of at least 4 members (excludes halogenated alkanes) is 6. The lowest BCUT2D eigenvalue weighted by atomic mass is 9.78. The molecule has 0 saturated heterocycles. The Morgan fingerprint density at radius 2 is 1.38 bits per heavy atom. The van der Waals surface area contributed by atoms with Crippen LogP contribution in [0.4, 0.5) is 0 Å². The first-order valence-electron chi connectivity index (χ1n) is 16.6. The maximum absolute atomic E-state index is 12.6. The summed E-state index contributed by atoms with van der Waals surface area (Å²) in [6.45, 7) is 7.59. The quantitative estimate of drug-likeness (QED) is 0.0995. The first-order chi connectivity index (χ1) is 19.6. The minimum atomic E-state index is -0.327. The van der Waals surface area contributed by atoms with E-state index >= 15 is 0 Å². The molecule has 0 radical (unpaired) electrons. The zero-order valence-electron chi connectivity index (χ0n) is 25.8. The zero-order chi connectivity index (χ0) is 28.4. The summed E-state index contributed by atoms with van der Waals surface area (Å²) in [5, 5.41) is 0. The van der Waals surface area contributed by atoms with E-state index in [0.29, 0.717) is 11.3 Å². The van der Waals surface area contributed by atoms with Crippen LogP contribution in [0.15, 0.2) is 48.5 Å². The summed E-state index contributed by atoms with van der Waals surface area (Å²) in [4.78, 5) is 12.6. The van der Waals surface area contributed by atoms with Gasteiger partial charge in [-0.25, -0.2) is 4.79 Å². The molecule has 3 heteroatoms. The van der Waals surface area contributed by atoms with E-state index in [1.54, 1.807) is 12.1 Å². The normalized spacial score (nSPS) is 17.9. The van der Waals surface area contributed by atoms with Crippen LogP contribution >= 0.6 is 0 Å². The lowest BCUT2D eigenvalue weighted by molar-refractivity contribution is 0.0734. The minimum Gasteiger partial charge on any atom is -0.494 e. The Bertz CT molecular complexity index is 925. The Kier molecular flexibility index (Phi) is 15.3. The van der Waals surface area contributed by atoms with Gasteiger partial charge in [0.15, 0.2) is 0 Å². The number of carbonyl (C=O) groups is 1. The maximum atomic E-state index is 12.6. The third-order valence-electron chi connectivity index (χ3n) is 9.05. The smallest absolute Gasteiger partial charge is 0.343 e. The SMILES string of the molecule is CCCCCCCC1CCC(CCc2ccc(OC(=O)c3ccc(OCCCCC[C@@H](C)CC)cc3)cc2)CC1. The number of carbonyl (C=O) groups excluding carboxylic acids is 1. The van der Waals surface area contributed by atoms with E-state index in [-0.39, 0.29) is 5.97 Å². The summed E-state index contributed by atoms with van der Waals surface area (Å²) in [5.41, 5.74) is 1.88. The van der Waals surface area contributed by atoms with E-state index in [4.69, 9.17) is 9.47 Å². The fourth-order valence-corrected chi connectivity index (χ4v) is 5.96. The summed E-state index contributed by atoms with van der Waals surface area (Å²) >= 11 is 0. The molecule has 0 spiro atoms. The Morgan fingerprint density at radius 3 is 2.05 bits per heavy atom. The van der Waals surface area contributed by atoms with E-state index in [1.165, 1.54) is 102 Å². The predicted molar refractivity (Wildman–Crippen MR) is 168 cm³/mol. The number of benzene rings is 2. The topological polar surface area (TPSA) is 35.5 Å². The molecule has 2 aromatic carbocycles. The molecule has 40 heavy (non-hydrogen) atoms. The highest BCUT2D eigenvalue weighted by Crippen LogP contribution is 2.34. The van der Waals surface area contributed by atoms with Gasteiger partial charge in [-0.2, -0.15) is 0 Å². The summed E-state index contributed by atoms with van der Waals surface area (Å²) in [6, 6.07) is 15.4. The van der Waals surface area contributed by atoms with Crippen molar-refractivity contribution in [1.29, 1.82) is 0 Å². The fraction of sp³-hybridized carbons (Fsp3) is 0.649. The van der Waals surface area contributed by atoms with E-state index in [2.05, 4.69) is 32.9 Å². The molecular weight excluding hydrogens is 492 g/mol. The molecule has 1 atom stereocenters. The van der Waals surface area contributed by atoms with E-state index in [0.717, 1.165) is 43.0 Å². The van der Waals surface area contributed by atoms with Crippen molar-refractivity contribution in [3.63, 3.8) is 0 Å². The largest absolute Gasteiger partial charge is 0.494 e. The highest BCUT2D eigenvalue weighted by atomic mass is 16.5. The van der Waals surface area contributed by atoms with E-state index in [9.17, 15) is 4.79 Å². The molecule has 0 aromatic heterocycles. The van der Waals surface area contributed by atoms with Crippen molar-refractivity contribution in [2.45, 2.75) is 130 Å². The number of rotatable bonds is 19. The van der Waals surface area contributed by atoms with Gasteiger partial charge in [0, 0.05) is 0 Å². The molecule has 0 bridgehead atoms. The van der Waals surface area contributed by atoms with Crippen LogP contribution in [0, 0.1) is 17.8 Å². The fourth-order valence-electron chi connectivity index (χ4n) is 5.96. The molecule has 3 nitrogen and oxygen atoms in total. The van der Waals surface area contributed by atoms with Gasteiger partial charge < -0.3 is 9.47 Å². The highest BCUT2D eigenvalue weighted by molar-refractivity contribution is 5.91. The lowest BCUT2D eigenvalue weighted by Gasteiger charge is -2.28. The Balaban J connectivity index is 1.30. The van der Waals surface area contributed by atoms with Gasteiger partial charge in [0.25, 0.3) is 0 Å². The predicted octanol–water partition coefficient (Wildman–Crippen LogP) is 11.0. The molecule has 0 unspecified atom stereocenters. The van der Waals surface area contributed by atoms with Crippen LogP contribution in [0.2, 0.25) is 0 Å². The zero-order valence-corrected chi connectivity index (χ0v) is 25.8. The number of hydrogen-bond acceptors (Lipinski definition) is 3. The van der Waals surface area contributed by atoms with Crippen LogP contribution in [0.1, 0.15) is 139 Å². The molecule has 0 aliphatic heterocycles. The van der Waals surface area contributed by atoms with Gasteiger partial charge >= 0.3 is 5.97 Å². The van der Waals surface area contributed by atoms with Gasteiger partial charge in [-0.3, -0.25) is 0 Å². The second kappa shape index (κ2) is 18.9. The molecule has 3 rings (SSSR count). The molecule has 0 amide bonds. The number of aryl methyl sites for hydroxylation is 1. The molecule has 2 aromatic rings. The van der Waals surface area contributed by atoms with Gasteiger partial charge in [0.1, 0.15) is 11.5 Å². The van der Waals surface area contributed by atoms with Crippen molar-refractivity contribution < 1.29 is 14.3 Å². The summed E-state index contributed by atoms with van der Waals surface area (Å²) < 4.78 is 11.5. The van der Waals surface area contributed by atoms with Crippen LogP contribution < -0.4 is 9.47 Å². The van der Waals surface area contributed by atoms with Crippen LogP contribution in [-0.4, -0.2) is 12.6 Å². The highest BCUT2D eigenvalue weighted by Gasteiger charge is 2.20. The molecular formula is C37H56O3. The monoisotopic (exact) mass is 548 g/mol. The average Bonchev–Trinajstić information content (AvgIpc) is 2.99. The van der Waals surface area contributed by atoms with Gasteiger partial charge in [0.2, 0.25) is 0 Å². The molecule has 1 aliphatic carbocycles. The summed E-state index contributed by atoms with van der Waals surface area (Å²) in [7, 11) is 0. The van der Waals surface area contributed by atoms with Crippen molar-refractivity contribution in [3.8, 4) is 11.5 Å². The van der Waals surface area contributed by atoms with E-state index in [1.807, 2.05) is 24.3 Å². The number of hydrogen-bond donors (Lipinski definition) is 0. The second-order valence-corrected chi connectivity index (χ2v) is 12.4. The maximum Gasteiger partial charge on any atom is 0.343 e. The van der Waals surface area contributed by atoms with Crippen LogP contribution in [0.5, 0.6) is 11.5 Å². The van der Waals surface area contributed by atoms with Gasteiger partial charge in [-0.1, -0.05) is 123 Å². The van der Waals surface area contributed by atoms with Gasteiger partial charge in [-0.05, 0) is 79.0 Å². The van der Waals surface area contributed by atoms with Crippen LogP contribution in [-0.2, 0) is 6.42 Å².